The molecule has 0 saturated carbocycles. The SMILES string of the molecule is C[PH](C)(c1ccccc1)c1ccccc1.Clc1nc[n-]c1Cl.[Au+]. The Morgan fingerprint density at radius 2 is 1.26 bits per heavy atom. The minimum absolute atomic E-state index is 0. The molecule has 2 nitrogen and oxygen atoms in total. The van der Waals surface area contributed by atoms with Crippen LogP contribution in [0.15, 0.2) is 67.0 Å². The van der Waals surface area contributed by atoms with E-state index in [0.29, 0.717) is 0 Å². The molecule has 0 aliphatic carbocycles. The van der Waals surface area contributed by atoms with E-state index < -0.39 is 7.26 Å². The Morgan fingerprint density at radius 3 is 1.52 bits per heavy atom. The molecule has 0 atom stereocenters. The van der Waals surface area contributed by atoms with Crippen LogP contribution in [-0.4, -0.2) is 18.3 Å². The molecule has 3 rings (SSSR count). The van der Waals surface area contributed by atoms with Gasteiger partial charge in [-0.3, -0.25) is 0 Å². The van der Waals surface area contributed by atoms with E-state index in [1.165, 1.54) is 16.9 Å². The first-order valence-corrected chi connectivity index (χ1v) is 10.7. The van der Waals surface area contributed by atoms with Crippen LogP contribution in [0.25, 0.3) is 0 Å². The third-order valence-corrected chi connectivity index (χ3v) is 7.71. The first-order valence-electron chi connectivity index (χ1n) is 6.91. The first-order chi connectivity index (χ1) is 10.5. The molecular weight excluding hydrogens is 531 g/mol. The largest absolute Gasteiger partial charge is 1.00 e. The zero-order chi connectivity index (χ0) is 16.0. The summed E-state index contributed by atoms with van der Waals surface area (Å²) in [7, 11) is -1.46. The molecule has 0 aliphatic rings. The normalized spacial score (nSPS) is 11.0. The van der Waals surface area contributed by atoms with Gasteiger partial charge >= 0.3 is 114 Å². The first kappa shape index (κ1) is 20.4. The fourth-order valence-electron chi connectivity index (χ4n) is 2.11. The molecule has 126 valence electrons. The maximum atomic E-state index is 5.32. The third kappa shape index (κ3) is 5.76. The van der Waals surface area contributed by atoms with Crippen LogP contribution >= 0.6 is 30.5 Å². The molecule has 23 heavy (non-hydrogen) atoms. The molecule has 6 heteroatoms. The van der Waals surface area contributed by atoms with Crippen LogP contribution in [0.4, 0.5) is 0 Å². The van der Waals surface area contributed by atoms with E-state index >= 15 is 0 Å². The second-order valence-electron chi connectivity index (χ2n) is 5.31. The molecule has 1 heterocycles. The van der Waals surface area contributed by atoms with Crippen LogP contribution in [0.5, 0.6) is 0 Å². The third-order valence-electron chi connectivity index (χ3n) is 3.50. The van der Waals surface area contributed by atoms with Crippen molar-refractivity contribution in [1.82, 2.24) is 9.97 Å². The second-order valence-corrected chi connectivity index (χ2v) is 10.4. The summed E-state index contributed by atoms with van der Waals surface area (Å²) >= 11 is 10.6. The van der Waals surface area contributed by atoms with E-state index in [1.54, 1.807) is 0 Å². The van der Waals surface area contributed by atoms with Gasteiger partial charge in [-0.05, 0) is 0 Å². The summed E-state index contributed by atoms with van der Waals surface area (Å²) in [4.78, 5) is 7.08. The van der Waals surface area contributed by atoms with Crippen LogP contribution in [0, 0.1) is 0 Å². The molecular formula is C17H18AuCl2N2P. The molecule has 2 aromatic carbocycles. The van der Waals surface area contributed by atoms with Gasteiger partial charge in [-0.15, -0.1) is 0 Å². The summed E-state index contributed by atoms with van der Waals surface area (Å²) < 4.78 is 0. The second kappa shape index (κ2) is 9.64. The Hall–Kier alpha value is -0.600. The zero-order valence-corrected chi connectivity index (χ0v) is 17.5. The van der Waals surface area contributed by atoms with Gasteiger partial charge in [0.15, 0.2) is 0 Å². The zero-order valence-electron chi connectivity index (χ0n) is 12.8. The minimum Gasteiger partial charge on any atom is -0.432 e. The van der Waals surface area contributed by atoms with Gasteiger partial charge in [-0.2, -0.15) is 0 Å². The number of nitrogens with zero attached hydrogens (tertiary/aromatic N) is 2. The van der Waals surface area contributed by atoms with E-state index in [1.807, 2.05) is 0 Å². The fourth-order valence-corrected chi connectivity index (χ4v) is 4.68. The van der Waals surface area contributed by atoms with Crippen molar-refractivity contribution in [3.63, 3.8) is 0 Å². The molecule has 0 unspecified atom stereocenters. The Labute approximate surface area is 163 Å². The van der Waals surface area contributed by atoms with E-state index in [9.17, 15) is 0 Å². The van der Waals surface area contributed by atoms with Gasteiger partial charge in [0.1, 0.15) is 0 Å². The Balaban J connectivity index is 0.000000280. The maximum Gasteiger partial charge on any atom is 1.00 e. The topological polar surface area (TPSA) is 27.0 Å². The molecule has 0 amide bonds. The van der Waals surface area contributed by atoms with Crippen LogP contribution in [0.1, 0.15) is 0 Å². The number of imidazole rings is 1. The molecule has 0 N–H and O–H groups in total. The average Bonchev–Trinajstić information content (AvgIpc) is 2.93. The van der Waals surface area contributed by atoms with E-state index in [4.69, 9.17) is 23.2 Å². The van der Waals surface area contributed by atoms with Gasteiger partial charge in [-0.1, -0.05) is 29.5 Å². The molecule has 0 bridgehead atoms. The van der Waals surface area contributed by atoms with Gasteiger partial charge in [-0.25, -0.2) is 0 Å². The van der Waals surface area contributed by atoms with Crippen LogP contribution < -0.4 is 15.6 Å². The van der Waals surface area contributed by atoms with E-state index in [-0.39, 0.29) is 32.7 Å². The predicted octanol–water partition coefficient (Wildman–Crippen LogP) is 3.99. The van der Waals surface area contributed by atoms with Gasteiger partial charge in [0.2, 0.25) is 0 Å². The molecule has 0 saturated heterocycles. The van der Waals surface area contributed by atoms with Crippen molar-refractivity contribution >= 4 is 41.1 Å². The van der Waals surface area contributed by atoms with Crippen LogP contribution in [0.2, 0.25) is 10.3 Å². The number of hydrogen-bond donors (Lipinski definition) is 0. The van der Waals surface area contributed by atoms with Crippen LogP contribution in [0.3, 0.4) is 0 Å². The number of aromatic nitrogens is 2. The molecule has 0 fully saturated rings. The van der Waals surface area contributed by atoms with Crippen molar-refractivity contribution in [2.75, 3.05) is 13.3 Å². The summed E-state index contributed by atoms with van der Waals surface area (Å²) in [5, 5.41) is 3.52. The van der Waals surface area contributed by atoms with Crippen LogP contribution in [-0.2, 0) is 22.4 Å². The number of benzene rings is 2. The van der Waals surface area contributed by atoms with E-state index in [2.05, 4.69) is 84.0 Å². The summed E-state index contributed by atoms with van der Waals surface area (Å²) in [6.45, 7) is 4.80. The predicted molar refractivity (Wildman–Crippen MR) is 99.9 cm³/mol. The number of rotatable bonds is 2. The Bertz CT molecular complexity index is 645. The summed E-state index contributed by atoms with van der Waals surface area (Å²) in [5.74, 6) is 0. The quantitative estimate of drug-likeness (QED) is 0.358. The van der Waals surface area contributed by atoms with E-state index in [0.717, 1.165) is 0 Å². The Kier molecular flexibility index (Phi) is 8.57. The van der Waals surface area contributed by atoms with Crippen molar-refractivity contribution in [1.29, 1.82) is 0 Å². The van der Waals surface area contributed by atoms with Gasteiger partial charge < -0.3 is 9.97 Å². The molecule has 0 spiro atoms. The summed E-state index contributed by atoms with van der Waals surface area (Å²) in [5.41, 5.74) is 0. The summed E-state index contributed by atoms with van der Waals surface area (Å²) in [6.07, 6.45) is 1.31. The van der Waals surface area contributed by atoms with Gasteiger partial charge in [0.25, 0.3) is 0 Å². The molecule has 0 aliphatic heterocycles. The average molecular weight is 549 g/mol. The van der Waals surface area contributed by atoms with Crippen molar-refractivity contribution in [2.24, 2.45) is 0 Å². The number of halogens is 2. The summed E-state index contributed by atoms with van der Waals surface area (Å²) in [6, 6.07) is 21.7. The minimum atomic E-state index is -1.46. The maximum absolute atomic E-state index is 5.32. The van der Waals surface area contributed by atoms with Crippen molar-refractivity contribution in [2.45, 2.75) is 0 Å². The molecule has 3 aromatic rings. The standard InChI is InChI=1S/C14H17P.C3HCl2N2.Au/c1-15(2,13-9-5-3-6-10-13)14-11-7-4-8-12-14;4-2-3(5)7-1-6-2;/h3-12,15H,1-2H3;1H;/q;-1;+1. The molecule has 1 aromatic heterocycles. The Morgan fingerprint density at radius 1 is 0.826 bits per heavy atom. The monoisotopic (exact) mass is 548 g/mol. The van der Waals surface area contributed by atoms with Crippen molar-refractivity contribution in [3.05, 3.63) is 77.3 Å². The van der Waals surface area contributed by atoms with Crippen molar-refractivity contribution in [3.8, 4) is 0 Å². The fraction of sp³-hybridized carbons (Fsp3) is 0.118. The molecule has 0 radical (unpaired) electrons. The van der Waals surface area contributed by atoms with Gasteiger partial charge in [0.05, 0.1) is 0 Å². The van der Waals surface area contributed by atoms with Crippen molar-refractivity contribution < 1.29 is 22.4 Å². The number of hydrogen-bond acceptors (Lipinski definition) is 1. The van der Waals surface area contributed by atoms with Gasteiger partial charge in [0, 0.05) is 10.3 Å². The smallest absolute Gasteiger partial charge is 0.432 e.